The van der Waals surface area contributed by atoms with E-state index in [2.05, 4.69) is 54.6 Å². The Balaban J connectivity index is 5.69. The maximum atomic E-state index is 12.2. The number of hydrogen-bond donors (Lipinski definition) is 0. The first-order valence-corrected chi connectivity index (χ1v) is 13.1. The summed E-state index contributed by atoms with van der Waals surface area (Å²) in [6.07, 6.45) is 3.22. The molecule has 0 aromatic carbocycles. The molecule has 0 fully saturated rings. The van der Waals surface area contributed by atoms with Gasteiger partial charge < -0.3 is 13.9 Å². The van der Waals surface area contributed by atoms with Gasteiger partial charge in [0.1, 0.15) is 0 Å². The quantitative estimate of drug-likeness (QED) is 0.270. The molecule has 6 heteroatoms. The third kappa shape index (κ3) is 7.94. The van der Waals surface area contributed by atoms with Crippen molar-refractivity contribution in [3.05, 3.63) is 0 Å². The molecule has 5 nitrogen and oxygen atoms in total. The molecule has 0 rings (SSSR count). The highest BCUT2D eigenvalue weighted by Crippen LogP contribution is 2.40. The number of hydrogen-bond acceptors (Lipinski definition) is 5. The fourth-order valence-corrected chi connectivity index (χ4v) is 4.50. The predicted octanol–water partition coefficient (Wildman–Crippen LogP) is 5.19. The third-order valence-electron chi connectivity index (χ3n) is 6.09. The molecule has 3 atom stereocenters. The Bertz CT molecular complexity index is 454. The highest BCUT2D eigenvalue weighted by Gasteiger charge is 2.42. The second kappa shape index (κ2) is 11.2. The average molecular weight is 403 g/mol. The highest BCUT2D eigenvalue weighted by atomic mass is 28.4. The summed E-state index contributed by atoms with van der Waals surface area (Å²) in [7, 11) is 0.654. The van der Waals surface area contributed by atoms with E-state index >= 15 is 0 Å². The number of ether oxygens (including phenoxy) is 2. The summed E-state index contributed by atoms with van der Waals surface area (Å²) in [5, 5.41) is 0.103. The Morgan fingerprint density at radius 2 is 1.41 bits per heavy atom. The van der Waals surface area contributed by atoms with Crippen LogP contribution in [0.15, 0.2) is 0 Å². The molecule has 160 valence electrons. The van der Waals surface area contributed by atoms with Gasteiger partial charge in [-0.15, -0.1) is 0 Å². The van der Waals surface area contributed by atoms with E-state index in [1.807, 2.05) is 0 Å². The lowest BCUT2D eigenvalue weighted by Crippen LogP contribution is -2.46. The maximum Gasteiger partial charge on any atom is 0.320 e. The minimum Gasteiger partial charge on any atom is -0.468 e. The average Bonchev–Trinajstić information content (AvgIpc) is 2.60. The van der Waals surface area contributed by atoms with Crippen LogP contribution in [0.25, 0.3) is 0 Å². The molecule has 0 aromatic rings. The molecule has 27 heavy (non-hydrogen) atoms. The van der Waals surface area contributed by atoms with Gasteiger partial charge in [0.05, 0.1) is 14.2 Å². The highest BCUT2D eigenvalue weighted by molar-refractivity contribution is 6.74. The third-order valence-corrected chi connectivity index (χ3v) is 10.6. The van der Waals surface area contributed by atoms with Crippen molar-refractivity contribution in [2.24, 2.45) is 17.8 Å². The van der Waals surface area contributed by atoms with E-state index in [0.717, 1.165) is 19.3 Å². The van der Waals surface area contributed by atoms with Crippen molar-refractivity contribution in [1.29, 1.82) is 0 Å². The van der Waals surface area contributed by atoms with Crippen LogP contribution < -0.4 is 0 Å². The van der Waals surface area contributed by atoms with Crippen LogP contribution in [-0.4, -0.2) is 40.6 Å². The Labute approximate surface area is 167 Å². The summed E-state index contributed by atoms with van der Waals surface area (Å²) in [5.74, 6) is -1.37. The van der Waals surface area contributed by atoms with E-state index in [4.69, 9.17) is 13.9 Å². The lowest BCUT2D eigenvalue weighted by Gasteiger charge is -2.42. The van der Waals surface area contributed by atoms with E-state index in [-0.39, 0.29) is 17.1 Å². The summed E-state index contributed by atoms with van der Waals surface area (Å²) in [6, 6.07) is 0. The van der Waals surface area contributed by atoms with Crippen LogP contribution in [0.2, 0.25) is 18.1 Å². The van der Waals surface area contributed by atoms with Gasteiger partial charge in [-0.2, -0.15) is 0 Å². The Hall–Kier alpha value is -0.883. The van der Waals surface area contributed by atoms with Crippen molar-refractivity contribution in [1.82, 2.24) is 0 Å². The van der Waals surface area contributed by atoms with Crippen LogP contribution >= 0.6 is 0 Å². The summed E-state index contributed by atoms with van der Waals surface area (Å²) >= 11 is 0. The summed E-state index contributed by atoms with van der Waals surface area (Å²) in [5.41, 5.74) is 0. The van der Waals surface area contributed by atoms with Crippen molar-refractivity contribution in [3.8, 4) is 0 Å². The van der Waals surface area contributed by atoms with Gasteiger partial charge >= 0.3 is 11.9 Å². The SMILES string of the molecule is CC[C@H](C)C[C@H](CC(C(=O)OC)C(=O)OC)[C@@H](CC)O[Si](C)(C)C(C)(C)C. The van der Waals surface area contributed by atoms with Gasteiger partial charge in [0, 0.05) is 6.10 Å². The molecule has 0 aliphatic carbocycles. The molecule has 0 N–H and O–H groups in total. The van der Waals surface area contributed by atoms with E-state index in [0.29, 0.717) is 12.3 Å². The molecule has 0 aliphatic heterocycles. The number of carbonyl (C=O) groups excluding carboxylic acids is 2. The molecule has 0 saturated carbocycles. The minimum absolute atomic E-state index is 0.0108. The first kappa shape index (κ1) is 26.1. The Morgan fingerprint density at radius 1 is 0.926 bits per heavy atom. The normalized spacial score (nSPS) is 16.0. The van der Waals surface area contributed by atoms with Crippen LogP contribution in [0.4, 0.5) is 0 Å². The van der Waals surface area contributed by atoms with Crippen LogP contribution in [0, 0.1) is 17.8 Å². The van der Waals surface area contributed by atoms with Crippen LogP contribution in [0.1, 0.15) is 67.2 Å². The zero-order valence-electron chi connectivity index (χ0n) is 19.2. The second-order valence-electron chi connectivity index (χ2n) is 9.17. The minimum atomic E-state index is -1.97. The molecule has 0 radical (unpaired) electrons. The van der Waals surface area contributed by atoms with Crippen molar-refractivity contribution in [2.45, 2.75) is 91.5 Å². The van der Waals surface area contributed by atoms with Crippen LogP contribution in [-0.2, 0) is 23.5 Å². The van der Waals surface area contributed by atoms with E-state index in [1.54, 1.807) is 0 Å². The lowest BCUT2D eigenvalue weighted by atomic mass is 9.82. The molecular formula is C21H42O5Si. The monoisotopic (exact) mass is 402 g/mol. The van der Waals surface area contributed by atoms with Gasteiger partial charge in [-0.05, 0) is 49.2 Å². The van der Waals surface area contributed by atoms with Crippen LogP contribution in [0.3, 0.4) is 0 Å². The Kier molecular flexibility index (Phi) is 10.8. The van der Waals surface area contributed by atoms with Gasteiger partial charge in [0.25, 0.3) is 0 Å². The fourth-order valence-electron chi connectivity index (χ4n) is 3.03. The standard InChI is InChI=1S/C21H42O5Si/c1-11-15(3)13-16(14-17(19(22)24-7)20(23)25-8)18(12-2)26-27(9,10)21(4,5)6/h15-18H,11-14H2,1-10H3/t15-,16+,18+/m0/s1. The molecule has 0 bridgehead atoms. The lowest BCUT2D eigenvalue weighted by molar-refractivity contribution is -0.160. The number of rotatable bonds is 11. The zero-order valence-corrected chi connectivity index (χ0v) is 20.2. The fraction of sp³-hybridized carbons (Fsp3) is 0.905. The first-order chi connectivity index (χ1) is 12.3. The first-order valence-electron chi connectivity index (χ1n) is 10.2. The number of esters is 2. The topological polar surface area (TPSA) is 61.8 Å². The van der Waals surface area contributed by atoms with Crippen molar-refractivity contribution in [3.63, 3.8) is 0 Å². The van der Waals surface area contributed by atoms with E-state index in [1.165, 1.54) is 14.2 Å². The summed E-state index contributed by atoms with van der Waals surface area (Å²) in [6.45, 7) is 17.6. The summed E-state index contributed by atoms with van der Waals surface area (Å²) in [4.78, 5) is 24.4. The van der Waals surface area contributed by atoms with Gasteiger partial charge in [-0.25, -0.2) is 0 Å². The smallest absolute Gasteiger partial charge is 0.320 e. The molecular weight excluding hydrogens is 360 g/mol. The maximum absolute atomic E-state index is 12.2. The largest absolute Gasteiger partial charge is 0.468 e. The van der Waals surface area contributed by atoms with Crippen molar-refractivity contribution >= 4 is 20.3 Å². The number of carbonyl (C=O) groups is 2. The van der Waals surface area contributed by atoms with E-state index < -0.39 is 26.2 Å². The zero-order chi connectivity index (χ0) is 21.4. The summed E-state index contributed by atoms with van der Waals surface area (Å²) < 4.78 is 16.4. The van der Waals surface area contributed by atoms with Crippen LogP contribution in [0.5, 0.6) is 0 Å². The molecule has 0 amide bonds. The molecule has 0 aliphatic rings. The second-order valence-corrected chi connectivity index (χ2v) is 13.9. The van der Waals surface area contributed by atoms with Gasteiger partial charge in [-0.3, -0.25) is 9.59 Å². The van der Waals surface area contributed by atoms with Crippen molar-refractivity contribution in [2.75, 3.05) is 14.2 Å². The molecule has 0 unspecified atom stereocenters. The molecule has 0 aromatic heterocycles. The predicted molar refractivity (Wildman–Crippen MR) is 112 cm³/mol. The molecule has 0 spiro atoms. The molecule has 0 saturated heterocycles. The van der Waals surface area contributed by atoms with Gasteiger partial charge in [0.2, 0.25) is 0 Å². The van der Waals surface area contributed by atoms with Gasteiger partial charge in [0.15, 0.2) is 14.2 Å². The Morgan fingerprint density at radius 3 is 1.74 bits per heavy atom. The van der Waals surface area contributed by atoms with E-state index in [9.17, 15) is 9.59 Å². The number of methoxy groups -OCH3 is 2. The van der Waals surface area contributed by atoms with Gasteiger partial charge in [-0.1, -0.05) is 48.0 Å². The molecule has 0 heterocycles. The van der Waals surface area contributed by atoms with Crippen molar-refractivity contribution < 1.29 is 23.5 Å².